The van der Waals surface area contributed by atoms with Crippen LogP contribution in [0, 0.1) is 5.82 Å². The van der Waals surface area contributed by atoms with Gasteiger partial charge in [0.15, 0.2) is 0 Å². The molecule has 1 aliphatic carbocycles. The Hall–Kier alpha value is -2.53. The van der Waals surface area contributed by atoms with Gasteiger partial charge in [0, 0.05) is 12.6 Å². The molecule has 0 saturated heterocycles. The number of nitrogens with zero attached hydrogens (tertiary/aromatic N) is 2. The Morgan fingerprint density at radius 1 is 1.20 bits per heavy atom. The first-order valence-corrected chi connectivity index (χ1v) is 8.61. The monoisotopic (exact) mass is 337 g/mol. The van der Waals surface area contributed by atoms with Crippen LogP contribution in [-0.4, -0.2) is 20.9 Å². The van der Waals surface area contributed by atoms with E-state index in [2.05, 4.69) is 21.8 Å². The van der Waals surface area contributed by atoms with Crippen molar-refractivity contribution < 1.29 is 4.39 Å². The maximum Gasteiger partial charge on any atom is 0.258 e. The summed E-state index contributed by atoms with van der Waals surface area (Å²) in [6.07, 6.45) is 2.28. The Kier molecular flexibility index (Phi) is 4.09. The molecule has 4 nitrogen and oxygen atoms in total. The standard InChI is InChI=1S/C20H20FN3O/c1-13(19-22-18-5-3-2-4-17(18)20(25)23-19)24(16-10-11-16)12-14-6-8-15(21)9-7-14/h2-9,13,16H,10-12H2,1H3,(H,22,23,25)/t13-/m1/s1. The molecule has 0 radical (unpaired) electrons. The second-order valence-electron chi connectivity index (χ2n) is 6.67. The Balaban J connectivity index is 1.66. The van der Waals surface area contributed by atoms with Crippen molar-refractivity contribution in [3.8, 4) is 0 Å². The van der Waals surface area contributed by atoms with Gasteiger partial charge in [0.05, 0.1) is 16.9 Å². The van der Waals surface area contributed by atoms with Crippen LogP contribution in [-0.2, 0) is 6.54 Å². The molecule has 3 aromatic rings. The van der Waals surface area contributed by atoms with Crippen LogP contribution >= 0.6 is 0 Å². The summed E-state index contributed by atoms with van der Waals surface area (Å²) in [7, 11) is 0. The summed E-state index contributed by atoms with van der Waals surface area (Å²) in [6.45, 7) is 2.78. The normalized spacial score (nSPS) is 15.6. The average molecular weight is 337 g/mol. The molecule has 0 spiro atoms. The highest BCUT2D eigenvalue weighted by atomic mass is 19.1. The lowest BCUT2D eigenvalue weighted by molar-refractivity contribution is 0.183. The maximum absolute atomic E-state index is 13.1. The van der Waals surface area contributed by atoms with Gasteiger partial charge in [0.2, 0.25) is 0 Å². The van der Waals surface area contributed by atoms with Crippen molar-refractivity contribution in [1.82, 2.24) is 14.9 Å². The van der Waals surface area contributed by atoms with E-state index in [0.717, 1.165) is 18.4 Å². The lowest BCUT2D eigenvalue weighted by Crippen LogP contribution is -2.31. The predicted octanol–water partition coefficient (Wildman–Crippen LogP) is 3.79. The van der Waals surface area contributed by atoms with Gasteiger partial charge in [-0.2, -0.15) is 0 Å². The summed E-state index contributed by atoms with van der Waals surface area (Å²) >= 11 is 0. The molecule has 1 saturated carbocycles. The number of hydrogen-bond acceptors (Lipinski definition) is 3. The number of benzene rings is 2. The molecule has 1 aromatic heterocycles. The van der Waals surface area contributed by atoms with Crippen molar-refractivity contribution in [3.05, 3.63) is 76.1 Å². The smallest absolute Gasteiger partial charge is 0.258 e. The highest BCUT2D eigenvalue weighted by molar-refractivity contribution is 5.77. The second-order valence-corrected chi connectivity index (χ2v) is 6.67. The van der Waals surface area contributed by atoms with Crippen LogP contribution in [0.3, 0.4) is 0 Å². The molecule has 2 aromatic carbocycles. The predicted molar refractivity (Wildman–Crippen MR) is 95.7 cm³/mol. The summed E-state index contributed by atoms with van der Waals surface area (Å²) in [5.74, 6) is 0.452. The lowest BCUT2D eigenvalue weighted by Gasteiger charge is -2.28. The summed E-state index contributed by atoms with van der Waals surface area (Å²) in [5.41, 5.74) is 1.67. The Bertz CT molecular complexity index is 947. The van der Waals surface area contributed by atoms with E-state index < -0.39 is 0 Å². The van der Waals surface area contributed by atoms with Crippen molar-refractivity contribution in [2.45, 2.75) is 38.4 Å². The van der Waals surface area contributed by atoms with E-state index in [4.69, 9.17) is 0 Å². The molecule has 0 unspecified atom stereocenters. The maximum atomic E-state index is 13.1. The van der Waals surface area contributed by atoms with Crippen molar-refractivity contribution in [1.29, 1.82) is 0 Å². The van der Waals surface area contributed by atoms with Gasteiger partial charge in [-0.25, -0.2) is 9.37 Å². The number of nitrogens with one attached hydrogen (secondary N) is 1. The van der Waals surface area contributed by atoms with Crippen LogP contribution in [0.25, 0.3) is 10.9 Å². The largest absolute Gasteiger partial charge is 0.309 e. The molecule has 1 atom stereocenters. The van der Waals surface area contributed by atoms with Gasteiger partial charge in [0.25, 0.3) is 5.56 Å². The van der Waals surface area contributed by atoms with Crippen LogP contribution in [0.5, 0.6) is 0 Å². The quantitative estimate of drug-likeness (QED) is 0.771. The van der Waals surface area contributed by atoms with Gasteiger partial charge >= 0.3 is 0 Å². The van der Waals surface area contributed by atoms with Crippen molar-refractivity contribution in [2.24, 2.45) is 0 Å². The molecule has 5 heteroatoms. The average Bonchev–Trinajstić information content (AvgIpc) is 3.45. The molecule has 1 fully saturated rings. The molecule has 1 aliphatic rings. The molecule has 0 amide bonds. The second kappa shape index (κ2) is 6.41. The van der Waals surface area contributed by atoms with Gasteiger partial charge in [-0.3, -0.25) is 9.69 Å². The molecular weight excluding hydrogens is 317 g/mol. The SMILES string of the molecule is C[C@H](c1nc2ccccc2c(=O)[nH]1)N(Cc1ccc(F)cc1)C1CC1. The molecule has 1 N–H and O–H groups in total. The third-order valence-corrected chi connectivity index (χ3v) is 4.82. The molecule has 128 valence electrons. The van der Waals surface area contributed by atoms with Gasteiger partial charge in [-0.15, -0.1) is 0 Å². The number of halogens is 1. The van der Waals surface area contributed by atoms with Crippen LogP contribution in [0.1, 0.15) is 37.2 Å². The lowest BCUT2D eigenvalue weighted by atomic mass is 10.1. The number of para-hydroxylation sites is 1. The van der Waals surface area contributed by atoms with Crippen LogP contribution in [0.4, 0.5) is 4.39 Å². The Morgan fingerprint density at radius 2 is 1.92 bits per heavy atom. The fraction of sp³-hybridized carbons (Fsp3) is 0.300. The molecule has 4 rings (SSSR count). The van der Waals surface area contributed by atoms with Crippen LogP contribution < -0.4 is 5.56 Å². The first-order chi connectivity index (χ1) is 12.1. The van der Waals surface area contributed by atoms with E-state index in [1.807, 2.05) is 30.3 Å². The van der Waals surface area contributed by atoms with E-state index in [1.165, 1.54) is 12.1 Å². The van der Waals surface area contributed by atoms with E-state index in [0.29, 0.717) is 29.3 Å². The first-order valence-electron chi connectivity index (χ1n) is 8.61. The minimum Gasteiger partial charge on any atom is -0.309 e. The molecular formula is C20H20FN3O. The highest BCUT2D eigenvalue weighted by Gasteiger charge is 2.33. The molecule has 0 aliphatic heterocycles. The molecule has 25 heavy (non-hydrogen) atoms. The molecule has 0 bridgehead atoms. The minimum absolute atomic E-state index is 0.0186. The van der Waals surface area contributed by atoms with Gasteiger partial charge in [0.1, 0.15) is 11.6 Å². The topological polar surface area (TPSA) is 49.0 Å². The summed E-state index contributed by atoms with van der Waals surface area (Å²) in [6, 6.07) is 14.4. The van der Waals surface area contributed by atoms with E-state index in [1.54, 1.807) is 6.07 Å². The minimum atomic E-state index is -0.227. The number of aromatic nitrogens is 2. The van der Waals surface area contributed by atoms with E-state index in [-0.39, 0.29) is 17.4 Å². The van der Waals surface area contributed by atoms with Crippen molar-refractivity contribution >= 4 is 10.9 Å². The number of fused-ring (bicyclic) bond motifs is 1. The van der Waals surface area contributed by atoms with Crippen molar-refractivity contribution in [3.63, 3.8) is 0 Å². The first kappa shape index (κ1) is 16.0. The van der Waals surface area contributed by atoms with E-state index in [9.17, 15) is 9.18 Å². The highest BCUT2D eigenvalue weighted by Crippen LogP contribution is 2.34. The number of rotatable bonds is 5. The summed E-state index contributed by atoms with van der Waals surface area (Å²) in [4.78, 5) is 22.3. The van der Waals surface area contributed by atoms with Gasteiger partial charge in [-0.1, -0.05) is 24.3 Å². The number of H-pyrrole nitrogens is 1. The number of aromatic amines is 1. The zero-order valence-corrected chi connectivity index (χ0v) is 14.1. The fourth-order valence-electron chi connectivity index (χ4n) is 3.25. The summed E-state index contributed by atoms with van der Waals surface area (Å²) in [5, 5.41) is 0.606. The van der Waals surface area contributed by atoms with Crippen LogP contribution in [0.15, 0.2) is 53.3 Å². The zero-order valence-electron chi connectivity index (χ0n) is 14.1. The third kappa shape index (κ3) is 3.33. The summed E-state index contributed by atoms with van der Waals surface area (Å²) < 4.78 is 13.1. The number of hydrogen-bond donors (Lipinski definition) is 1. The van der Waals surface area contributed by atoms with Gasteiger partial charge in [-0.05, 0) is 49.6 Å². The van der Waals surface area contributed by atoms with Gasteiger partial charge < -0.3 is 4.98 Å². The third-order valence-electron chi connectivity index (χ3n) is 4.82. The van der Waals surface area contributed by atoms with Crippen LogP contribution in [0.2, 0.25) is 0 Å². The van der Waals surface area contributed by atoms with E-state index >= 15 is 0 Å². The van der Waals surface area contributed by atoms with Crippen molar-refractivity contribution in [2.75, 3.05) is 0 Å². The fourth-order valence-corrected chi connectivity index (χ4v) is 3.25. The Morgan fingerprint density at radius 3 is 2.64 bits per heavy atom. The molecule has 1 heterocycles. The Labute approximate surface area is 145 Å². The zero-order chi connectivity index (χ0) is 17.4.